The van der Waals surface area contributed by atoms with Gasteiger partial charge in [-0.15, -0.1) is 0 Å². The van der Waals surface area contributed by atoms with Gasteiger partial charge in [-0.3, -0.25) is 0 Å². The molecule has 0 heterocycles. The van der Waals surface area contributed by atoms with Crippen molar-refractivity contribution < 1.29 is 0 Å². The van der Waals surface area contributed by atoms with Crippen LogP contribution in [0.4, 0.5) is 0 Å². The van der Waals surface area contributed by atoms with Gasteiger partial charge in [0.05, 0.1) is 0 Å². The molecule has 1 atom stereocenters. The zero-order chi connectivity index (χ0) is 11.1. The van der Waals surface area contributed by atoms with E-state index in [4.69, 9.17) is 0 Å². The van der Waals surface area contributed by atoms with Crippen molar-refractivity contribution in [1.29, 1.82) is 0 Å². The Morgan fingerprint density at radius 1 is 1.00 bits per heavy atom. The fraction of sp³-hybridized carbons (Fsp3) is 0.538. The topological polar surface area (TPSA) is 0 Å². The first-order valence-corrected chi connectivity index (χ1v) is 12.9. The fourth-order valence-corrected chi connectivity index (χ4v) is 15.5. The van der Waals surface area contributed by atoms with Gasteiger partial charge >= 0.3 is 102 Å². The predicted molar refractivity (Wildman–Crippen MR) is 75.0 cm³/mol. The molecule has 1 aromatic carbocycles. The van der Waals surface area contributed by atoms with Crippen molar-refractivity contribution in [3.05, 3.63) is 30.3 Å². The fourth-order valence-electron chi connectivity index (χ4n) is 2.15. The molecular weight excluding hydrogens is 259 g/mol. The average molecular weight is 282 g/mol. The molecule has 0 saturated carbocycles. The first-order valence-electron chi connectivity index (χ1n) is 6.09. The summed E-state index contributed by atoms with van der Waals surface area (Å²) in [6.45, 7) is 6.35. The molecule has 0 bridgehead atoms. The quantitative estimate of drug-likeness (QED) is 0.703. The van der Waals surface area contributed by atoms with Gasteiger partial charge in [0, 0.05) is 0 Å². The standard InChI is InChI=1S/C13H23AsSi/c1-4-12-15(5-2,6-3)14-13-10-8-7-9-11-13/h7-11,14H,4-6,12H2,1-3H3. The summed E-state index contributed by atoms with van der Waals surface area (Å²) in [6, 6.07) is 15.8. The first kappa shape index (κ1) is 13.1. The van der Waals surface area contributed by atoms with Crippen LogP contribution in [0.5, 0.6) is 0 Å². The molecule has 0 N–H and O–H groups in total. The van der Waals surface area contributed by atoms with Gasteiger partial charge in [0.25, 0.3) is 0 Å². The average Bonchev–Trinajstić information content (AvgIpc) is 2.30. The van der Waals surface area contributed by atoms with Crippen molar-refractivity contribution in [2.75, 3.05) is 0 Å². The minimum atomic E-state index is -0.859. The van der Waals surface area contributed by atoms with Gasteiger partial charge in [0.1, 0.15) is 0 Å². The van der Waals surface area contributed by atoms with E-state index in [9.17, 15) is 0 Å². The molecule has 1 aromatic rings. The van der Waals surface area contributed by atoms with Crippen molar-refractivity contribution >= 4 is 26.0 Å². The molecule has 0 amide bonds. The molecule has 0 aliphatic rings. The van der Waals surface area contributed by atoms with E-state index >= 15 is 0 Å². The molecule has 0 radical (unpaired) electrons. The second-order valence-electron chi connectivity index (χ2n) is 4.23. The molecule has 0 saturated heterocycles. The number of hydrogen-bond acceptors (Lipinski definition) is 0. The zero-order valence-electron chi connectivity index (χ0n) is 10.2. The van der Waals surface area contributed by atoms with Gasteiger partial charge < -0.3 is 0 Å². The number of benzene rings is 1. The van der Waals surface area contributed by atoms with Crippen LogP contribution in [0.1, 0.15) is 27.2 Å². The summed E-state index contributed by atoms with van der Waals surface area (Å²) in [7, 11) is 0. The van der Waals surface area contributed by atoms with Crippen molar-refractivity contribution in [1.82, 2.24) is 0 Å². The third-order valence-electron chi connectivity index (χ3n) is 3.27. The summed E-state index contributed by atoms with van der Waals surface area (Å²) in [6.07, 6.45) is 1.39. The summed E-state index contributed by atoms with van der Waals surface area (Å²) in [5.74, 6) is 0. The van der Waals surface area contributed by atoms with E-state index in [1.54, 1.807) is 10.4 Å². The van der Waals surface area contributed by atoms with Crippen LogP contribution in [-0.2, 0) is 0 Å². The van der Waals surface area contributed by atoms with E-state index in [2.05, 4.69) is 51.1 Å². The third kappa shape index (κ3) is 3.81. The molecule has 0 aromatic heterocycles. The molecular formula is C13H23AsSi. The van der Waals surface area contributed by atoms with Crippen LogP contribution in [0.25, 0.3) is 0 Å². The molecule has 84 valence electrons. The monoisotopic (exact) mass is 282 g/mol. The molecule has 1 unspecified atom stereocenters. The minimum absolute atomic E-state index is 0.160. The van der Waals surface area contributed by atoms with Crippen molar-refractivity contribution in [2.45, 2.75) is 45.3 Å². The van der Waals surface area contributed by atoms with Crippen LogP contribution in [0.2, 0.25) is 18.1 Å². The van der Waals surface area contributed by atoms with Crippen LogP contribution in [0.15, 0.2) is 30.3 Å². The molecule has 0 aliphatic carbocycles. The predicted octanol–water partition coefficient (Wildman–Crippen LogP) is 3.14. The Bertz CT molecular complexity index is 267. The molecule has 0 fully saturated rings. The van der Waals surface area contributed by atoms with E-state index in [1.807, 2.05) is 0 Å². The van der Waals surface area contributed by atoms with Crippen LogP contribution in [0.3, 0.4) is 0 Å². The Morgan fingerprint density at radius 2 is 1.60 bits per heavy atom. The molecule has 0 spiro atoms. The second-order valence-corrected chi connectivity index (χ2v) is 18.4. The Balaban J connectivity index is 2.74. The molecule has 1 rings (SSSR count). The molecule has 2 heteroatoms. The van der Waals surface area contributed by atoms with E-state index < -0.39 is 6.54 Å². The van der Waals surface area contributed by atoms with Crippen LogP contribution >= 0.6 is 0 Å². The van der Waals surface area contributed by atoms with E-state index in [1.165, 1.54) is 18.5 Å². The summed E-state index contributed by atoms with van der Waals surface area (Å²) >= 11 is 0.160. The Morgan fingerprint density at radius 3 is 2.07 bits per heavy atom. The van der Waals surface area contributed by atoms with Gasteiger partial charge in [-0.05, 0) is 0 Å². The van der Waals surface area contributed by atoms with E-state index in [0.717, 1.165) is 0 Å². The van der Waals surface area contributed by atoms with Crippen LogP contribution in [0, 0.1) is 0 Å². The SMILES string of the molecule is CCC[Si](CC)(CC)[AsH]c1ccccc1. The molecule has 0 aliphatic heterocycles. The summed E-state index contributed by atoms with van der Waals surface area (Å²) in [4.78, 5) is 0. The van der Waals surface area contributed by atoms with Gasteiger partial charge in [-0.1, -0.05) is 0 Å². The third-order valence-corrected chi connectivity index (χ3v) is 20.1. The Hall–Kier alpha value is -0.00468. The number of rotatable bonds is 6. The van der Waals surface area contributed by atoms with Crippen molar-refractivity contribution in [2.24, 2.45) is 0 Å². The zero-order valence-corrected chi connectivity index (χ0v) is 13.3. The van der Waals surface area contributed by atoms with Crippen LogP contribution < -0.4 is 4.35 Å². The van der Waals surface area contributed by atoms with Crippen LogP contribution in [-0.4, -0.2) is 21.6 Å². The van der Waals surface area contributed by atoms with Crippen molar-refractivity contribution in [3.63, 3.8) is 0 Å². The second kappa shape index (κ2) is 6.55. The van der Waals surface area contributed by atoms with Crippen molar-refractivity contribution in [3.8, 4) is 0 Å². The summed E-state index contributed by atoms with van der Waals surface area (Å²) < 4.78 is 1.68. The number of hydrogen-bond donors (Lipinski definition) is 0. The van der Waals surface area contributed by atoms with E-state index in [-0.39, 0.29) is 15.1 Å². The first-order chi connectivity index (χ1) is 7.26. The Labute approximate surface area is 102 Å². The van der Waals surface area contributed by atoms with Gasteiger partial charge in [0.15, 0.2) is 0 Å². The summed E-state index contributed by atoms with van der Waals surface area (Å²) in [5, 5.41) is 0. The van der Waals surface area contributed by atoms with Gasteiger partial charge in [-0.2, -0.15) is 0 Å². The maximum atomic E-state index is 2.43. The molecule has 0 nitrogen and oxygen atoms in total. The Kier molecular flexibility index (Phi) is 5.70. The summed E-state index contributed by atoms with van der Waals surface area (Å²) in [5.41, 5.74) is 0. The van der Waals surface area contributed by atoms with Gasteiger partial charge in [-0.25, -0.2) is 0 Å². The molecule has 15 heavy (non-hydrogen) atoms. The normalized spacial score (nSPS) is 12.5. The van der Waals surface area contributed by atoms with E-state index in [0.29, 0.717) is 0 Å². The maximum absolute atomic E-state index is 2.43. The van der Waals surface area contributed by atoms with Gasteiger partial charge in [0.2, 0.25) is 0 Å².